The zero-order valence-electron chi connectivity index (χ0n) is 14.6. The molecule has 3 nitrogen and oxygen atoms in total. The Morgan fingerprint density at radius 1 is 0.821 bits per heavy atom. The average Bonchev–Trinajstić information content (AvgIpc) is 3.17. The fourth-order valence-corrected chi connectivity index (χ4v) is 3.91. The van der Waals surface area contributed by atoms with Crippen molar-refractivity contribution in [3.05, 3.63) is 93.8 Å². The fraction of sp³-hybridized carbons (Fsp3) is 0. The number of halogens is 2. The van der Waals surface area contributed by atoms with Crippen molar-refractivity contribution in [2.24, 2.45) is 5.10 Å². The summed E-state index contributed by atoms with van der Waals surface area (Å²) >= 11 is 13.7. The number of hydrogen-bond acceptors (Lipinski definition) is 4. The predicted octanol–water partition coefficient (Wildman–Crippen LogP) is 7.23. The van der Waals surface area contributed by atoms with Gasteiger partial charge in [-0.1, -0.05) is 77.8 Å². The molecule has 0 bridgehead atoms. The molecular weight excluding hydrogens is 409 g/mol. The lowest BCUT2D eigenvalue weighted by Gasteiger charge is -2.04. The van der Waals surface area contributed by atoms with Crippen LogP contribution in [0.1, 0.15) is 5.56 Å². The van der Waals surface area contributed by atoms with Crippen molar-refractivity contribution in [3.8, 4) is 22.4 Å². The van der Waals surface area contributed by atoms with Crippen LogP contribution < -0.4 is 5.43 Å². The maximum absolute atomic E-state index is 6.08. The zero-order valence-corrected chi connectivity index (χ0v) is 17.0. The SMILES string of the molecule is Clc1cc(Cl)cc(-c2ccc(C=NNc3nc(-c4ccccc4)cs3)cc2)c1. The summed E-state index contributed by atoms with van der Waals surface area (Å²) in [5, 5.41) is 8.28. The molecule has 0 fully saturated rings. The minimum atomic E-state index is 0.621. The Labute approximate surface area is 177 Å². The van der Waals surface area contributed by atoms with Gasteiger partial charge in [-0.3, -0.25) is 5.43 Å². The highest BCUT2D eigenvalue weighted by Crippen LogP contribution is 2.27. The molecule has 0 unspecified atom stereocenters. The molecule has 1 heterocycles. The maximum Gasteiger partial charge on any atom is 0.203 e. The average molecular weight is 424 g/mol. The Balaban J connectivity index is 1.42. The van der Waals surface area contributed by atoms with E-state index in [-0.39, 0.29) is 0 Å². The highest BCUT2D eigenvalue weighted by molar-refractivity contribution is 7.14. The van der Waals surface area contributed by atoms with Crippen molar-refractivity contribution in [3.63, 3.8) is 0 Å². The lowest BCUT2D eigenvalue weighted by molar-refractivity contribution is 1.29. The van der Waals surface area contributed by atoms with Crippen molar-refractivity contribution in [1.29, 1.82) is 0 Å². The standard InChI is InChI=1S/C22H15Cl2N3S/c23-19-10-18(11-20(24)12-19)16-8-6-15(7-9-16)13-25-27-22-26-21(14-28-22)17-4-2-1-3-5-17/h1-14H,(H,26,27). The molecule has 4 rings (SSSR count). The molecule has 3 aromatic carbocycles. The van der Waals surface area contributed by atoms with Crippen molar-refractivity contribution in [2.45, 2.75) is 0 Å². The molecule has 6 heteroatoms. The lowest BCUT2D eigenvalue weighted by atomic mass is 10.0. The van der Waals surface area contributed by atoms with Gasteiger partial charge >= 0.3 is 0 Å². The van der Waals surface area contributed by atoms with E-state index < -0.39 is 0 Å². The number of hydrazone groups is 1. The van der Waals surface area contributed by atoms with Gasteiger partial charge in [-0.05, 0) is 34.9 Å². The van der Waals surface area contributed by atoms with Gasteiger partial charge in [0, 0.05) is 21.0 Å². The van der Waals surface area contributed by atoms with Gasteiger partial charge in [0.15, 0.2) is 0 Å². The van der Waals surface area contributed by atoms with Gasteiger partial charge in [-0.2, -0.15) is 5.10 Å². The number of hydrogen-bond donors (Lipinski definition) is 1. The lowest BCUT2D eigenvalue weighted by Crippen LogP contribution is -1.90. The number of rotatable bonds is 5. The molecule has 0 aliphatic rings. The topological polar surface area (TPSA) is 37.3 Å². The van der Waals surface area contributed by atoms with Gasteiger partial charge in [0.25, 0.3) is 0 Å². The van der Waals surface area contributed by atoms with Crippen molar-refractivity contribution in [2.75, 3.05) is 5.43 Å². The third-order valence-electron chi connectivity index (χ3n) is 4.05. The van der Waals surface area contributed by atoms with Crippen LogP contribution in [-0.2, 0) is 0 Å². The summed E-state index contributed by atoms with van der Waals surface area (Å²) in [6.07, 6.45) is 1.76. The monoisotopic (exact) mass is 423 g/mol. The van der Waals surface area contributed by atoms with E-state index in [4.69, 9.17) is 23.2 Å². The van der Waals surface area contributed by atoms with Crippen LogP contribution in [0.15, 0.2) is 83.3 Å². The summed E-state index contributed by atoms with van der Waals surface area (Å²) in [5.74, 6) is 0. The van der Waals surface area contributed by atoms with Gasteiger partial charge in [0.05, 0.1) is 11.9 Å². The number of nitrogens with zero attached hydrogens (tertiary/aromatic N) is 2. The fourth-order valence-electron chi connectivity index (χ4n) is 2.71. The van der Waals surface area contributed by atoms with Gasteiger partial charge in [0.1, 0.15) is 0 Å². The van der Waals surface area contributed by atoms with Gasteiger partial charge in [-0.25, -0.2) is 4.98 Å². The zero-order chi connectivity index (χ0) is 19.3. The second kappa shape index (κ2) is 8.57. The number of benzene rings is 3. The van der Waals surface area contributed by atoms with Crippen LogP contribution in [0.2, 0.25) is 10.0 Å². The second-order valence-electron chi connectivity index (χ2n) is 6.05. The molecule has 0 amide bonds. The number of aromatic nitrogens is 1. The van der Waals surface area contributed by atoms with E-state index >= 15 is 0 Å². The van der Waals surface area contributed by atoms with E-state index in [1.807, 2.05) is 72.1 Å². The van der Waals surface area contributed by atoms with E-state index in [0.29, 0.717) is 10.0 Å². The summed E-state index contributed by atoms with van der Waals surface area (Å²) in [6, 6.07) is 23.6. The van der Waals surface area contributed by atoms with E-state index in [9.17, 15) is 0 Å². The molecular formula is C22H15Cl2N3S. The quantitative estimate of drug-likeness (QED) is 0.271. The summed E-state index contributed by atoms with van der Waals surface area (Å²) in [6.45, 7) is 0. The smallest absolute Gasteiger partial charge is 0.203 e. The molecule has 0 atom stereocenters. The largest absolute Gasteiger partial charge is 0.253 e. The van der Waals surface area contributed by atoms with Crippen LogP contribution in [0.3, 0.4) is 0 Å². The minimum Gasteiger partial charge on any atom is -0.253 e. The van der Waals surface area contributed by atoms with Crippen molar-refractivity contribution < 1.29 is 0 Å². The highest BCUT2D eigenvalue weighted by atomic mass is 35.5. The Hall–Kier alpha value is -2.66. The molecule has 4 aromatic rings. The summed E-state index contributed by atoms with van der Waals surface area (Å²) < 4.78 is 0. The molecule has 0 radical (unpaired) electrons. The van der Waals surface area contributed by atoms with Crippen LogP contribution >= 0.6 is 34.5 Å². The minimum absolute atomic E-state index is 0.621. The van der Waals surface area contributed by atoms with E-state index in [0.717, 1.165) is 33.1 Å². The maximum atomic E-state index is 6.08. The normalized spacial score (nSPS) is 11.1. The van der Waals surface area contributed by atoms with E-state index in [1.54, 1.807) is 12.3 Å². The third kappa shape index (κ3) is 4.60. The molecule has 1 aromatic heterocycles. The summed E-state index contributed by atoms with van der Waals surface area (Å²) in [5.41, 5.74) is 8.02. The van der Waals surface area contributed by atoms with E-state index in [1.165, 1.54) is 11.3 Å². The van der Waals surface area contributed by atoms with Crippen LogP contribution in [-0.4, -0.2) is 11.2 Å². The Bertz CT molecular complexity index is 1090. The first kappa shape index (κ1) is 18.7. The van der Waals surface area contributed by atoms with E-state index in [2.05, 4.69) is 15.5 Å². The first-order valence-electron chi connectivity index (χ1n) is 8.54. The Morgan fingerprint density at radius 2 is 1.54 bits per heavy atom. The number of thiazole rings is 1. The third-order valence-corrected chi connectivity index (χ3v) is 5.24. The first-order chi connectivity index (χ1) is 13.7. The molecule has 0 aliphatic heterocycles. The first-order valence-corrected chi connectivity index (χ1v) is 10.2. The Morgan fingerprint density at radius 3 is 2.25 bits per heavy atom. The van der Waals surface area contributed by atoms with Crippen LogP contribution in [0.5, 0.6) is 0 Å². The summed E-state index contributed by atoms with van der Waals surface area (Å²) in [4.78, 5) is 4.55. The van der Waals surface area contributed by atoms with Crippen molar-refractivity contribution >= 4 is 45.9 Å². The molecule has 0 spiro atoms. The predicted molar refractivity (Wildman–Crippen MR) is 121 cm³/mol. The van der Waals surface area contributed by atoms with Gasteiger partial charge < -0.3 is 0 Å². The molecule has 28 heavy (non-hydrogen) atoms. The van der Waals surface area contributed by atoms with Crippen LogP contribution in [0.25, 0.3) is 22.4 Å². The number of nitrogens with one attached hydrogen (secondary N) is 1. The molecule has 138 valence electrons. The van der Waals surface area contributed by atoms with Gasteiger partial charge in [0.2, 0.25) is 5.13 Å². The number of anilines is 1. The molecule has 1 N–H and O–H groups in total. The Kier molecular flexibility index (Phi) is 5.72. The molecule has 0 saturated heterocycles. The van der Waals surface area contributed by atoms with Crippen molar-refractivity contribution in [1.82, 2.24) is 4.98 Å². The molecule has 0 aliphatic carbocycles. The molecule has 0 saturated carbocycles. The highest BCUT2D eigenvalue weighted by Gasteiger charge is 2.03. The van der Waals surface area contributed by atoms with Crippen LogP contribution in [0.4, 0.5) is 5.13 Å². The van der Waals surface area contributed by atoms with Gasteiger partial charge in [-0.15, -0.1) is 11.3 Å². The summed E-state index contributed by atoms with van der Waals surface area (Å²) in [7, 11) is 0. The van der Waals surface area contributed by atoms with Crippen LogP contribution in [0, 0.1) is 0 Å². The second-order valence-corrected chi connectivity index (χ2v) is 7.79.